The lowest BCUT2D eigenvalue weighted by Gasteiger charge is -2.14. The molecule has 1 nitrogen and oxygen atoms in total. The average Bonchev–Trinajstić information content (AvgIpc) is 3.25. The maximum absolute atomic E-state index is 8.75. The van der Waals surface area contributed by atoms with Crippen LogP contribution in [-0.2, 0) is 0 Å². The maximum atomic E-state index is 8.75. The Balaban J connectivity index is 1.93. The average molecular weight is 431 g/mol. The van der Waals surface area contributed by atoms with Crippen molar-refractivity contribution in [3.63, 3.8) is 0 Å². The molecule has 0 unspecified atom stereocenters. The van der Waals surface area contributed by atoms with Crippen molar-refractivity contribution in [2.24, 2.45) is 0 Å². The molecule has 0 amide bonds. The Morgan fingerprint density at radius 2 is 1.25 bits per heavy atom. The van der Waals surface area contributed by atoms with Gasteiger partial charge < -0.3 is 4.42 Å². The molecule has 0 saturated carbocycles. The van der Waals surface area contributed by atoms with Gasteiger partial charge in [-0.2, -0.15) is 0 Å². The van der Waals surface area contributed by atoms with Crippen molar-refractivity contribution in [2.45, 2.75) is 0 Å². The molecule has 0 N–H and O–H groups in total. The highest BCUT2D eigenvalue weighted by molar-refractivity contribution is 9.10. The van der Waals surface area contributed by atoms with Gasteiger partial charge >= 0.3 is 0 Å². The quantitative estimate of drug-likeness (QED) is 0.239. The second kappa shape index (κ2) is 5.95. The van der Waals surface area contributed by atoms with Gasteiger partial charge in [0, 0.05) is 15.2 Å². The predicted octanol–water partition coefficient (Wildman–Crippen LogP) is 8.32. The van der Waals surface area contributed by atoms with Crippen LogP contribution >= 0.6 is 15.9 Å². The molecule has 5 aromatic carbocycles. The first kappa shape index (κ1) is 9.90. The van der Waals surface area contributed by atoms with E-state index in [0.29, 0.717) is 22.3 Å². The third kappa shape index (κ3) is 2.18. The van der Waals surface area contributed by atoms with Crippen LogP contribution in [0.15, 0.2) is 99.7 Å². The fourth-order valence-electron chi connectivity index (χ4n) is 3.75. The van der Waals surface area contributed by atoms with Crippen LogP contribution < -0.4 is 0 Å². The normalized spacial score (nSPS) is 15.8. The highest BCUT2D eigenvalue weighted by Crippen LogP contribution is 2.42. The number of furan rings is 1. The second-order valence-corrected chi connectivity index (χ2v) is 7.29. The zero-order chi connectivity index (χ0) is 25.6. The summed E-state index contributed by atoms with van der Waals surface area (Å²) in [6.07, 6.45) is 0. The van der Waals surface area contributed by atoms with E-state index in [0.717, 1.165) is 10.8 Å². The van der Waals surface area contributed by atoms with Gasteiger partial charge in [0.25, 0.3) is 0 Å². The molecule has 0 atom stereocenters. The molecule has 6 aromatic rings. The van der Waals surface area contributed by atoms with E-state index in [1.54, 1.807) is 12.1 Å². The van der Waals surface area contributed by atoms with Gasteiger partial charge in [0.15, 0.2) is 0 Å². The summed E-state index contributed by atoms with van der Waals surface area (Å²) in [5.74, 6) is 0. The van der Waals surface area contributed by atoms with E-state index in [4.69, 9.17) is 15.4 Å². The smallest absolute Gasteiger partial charge is 0.135 e. The van der Waals surface area contributed by atoms with Crippen molar-refractivity contribution in [1.29, 1.82) is 0 Å². The van der Waals surface area contributed by atoms with Crippen molar-refractivity contribution in [3.05, 3.63) is 95.3 Å². The van der Waals surface area contributed by atoms with Crippen molar-refractivity contribution < 1.29 is 15.4 Å². The number of para-hydroxylation sites is 1. The van der Waals surface area contributed by atoms with E-state index in [9.17, 15) is 0 Å². The largest absolute Gasteiger partial charge is 0.456 e. The number of halogens is 1. The molecule has 0 aliphatic heterocycles. The molecule has 0 bridgehead atoms. The van der Waals surface area contributed by atoms with Crippen LogP contribution in [0.3, 0.4) is 0 Å². The molecule has 0 aliphatic rings. The number of rotatable bonds is 1. The lowest BCUT2D eigenvalue weighted by molar-refractivity contribution is 0.669. The summed E-state index contributed by atoms with van der Waals surface area (Å²) in [7, 11) is 0. The Hall–Kier alpha value is -3.10. The predicted molar refractivity (Wildman–Crippen MR) is 122 cm³/mol. The Bertz CT molecular complexity index is 1860. The van der Waals surface area contributed by atoms with Crippen molar-refractivity contribution in [2.75, 3.05) is 0 Å². The van der Waals surface area contributed by atoms with Gasteiger partial charge in [-0.3, -0.25) is 0 Å². The van der Waals surface area contributed by atoms with Gasteiger partial charge in [0.2, 0.25) is 0 Å². The fraction of sp³-hybridized carbons (Fsp3) is 0. The second-order valence-electron chi connectivity index (χ2n) is 6.50. The highest BCUT2D eigenvalue weighted by atomic mass is 79.9. The van der Waals surface area contributed by atoms with Crippen molar-refractivity contribution in [3.8, 4) is 11.1 Å². The van der Waals surface area contributed by atoms with Gasteiger partial charge in [-0.1, -0.05) is 72.6 Å². The standard InChI is InChI=1S/C26H15BrO/c27-26-20-10-3-1-8-18(20)25(19-9-2-4-11-21(19)26)16-13-14-24-22(15-16)17-7-5-6-12-23(17)28-24/h1-15H/i1D,2D,3D,4D,8D,9D,10D,11D. The van der Waals surface area contributed by atoms with E-state index >= 15 is 0 Å². The van der Waals surface area contributed by atoms with Gasteiger partial charge in [0.1, 0.15) is 11.2 Å². The van der Waals surface area contributed by atoms with Crippen LogP contribution in [0.2, 0.25) is 0 Å². The van der Waals surface area contributed by atoms with Crippen LogP contribution in [0, 0.1) is 0 Å². The number of benzene rings is 5. The minimum atomic E-state index is -0.421. The van der Waals surface area contributed by atoms with E-state index < -0.39 is 24.2 Å². The summed E-state index contributed by atoms with van der Waals surface area (Å²) in [6, 6.07) is 10.1. The Labute approximate surface area is 181 Å². The van der Waals surface area contributed by atoms with Crippen LogP contribution in [0.25, 0.3) is 54.6 Å². The van der Waals surface area contributed by atoms with Crippen molar-refractivity contribution in [1.82, 2.24) is 0 Å². The molecular formula is C26H15BrO. The Morgan fingerprint density at radius 3 is 1.96 bits per heavy atom. The van der Waals surface area contributed by atoms with E-state index in [1.165, 1.54) is 0 Å². The lowest BCUT2D eigenvalue weighted by Crippen LogP contribution is -1.87. The Kier molecular flexibility index (Phi) is 2.10. The summed E-state index contributed by atoms with van der Waals surface area (Å²) in [5, 5.41) is 2.32. The zero-order valence-corrected chi connectivity index (χ0v) is 15.9. The molecule has 0 spiro atoms. The minimum absolute atomic E-state index is 0.158. The first-order valence-electron chi connectivity index (χ1n) is 12.7. The first-order valence-corrected chi connectivity index (χ1v) is 9.46. The monoisotopic (exact) mass is 430 g/mol. The maximum Gasteiger partial charge on any atom is 0.135 e. The van der Waals surface area contributed by atoms with E-state index in [2.05, 4.69) is 15.9 Å². The lowest BCUT2D eigenvalue weighted by atomic mass is 9.91. The molecule has 0 aliphatic carbocycles. The van der Waals surface area contributed by atoms with Gasteiger partial charge in [0.05, 0.1) is 11.0 Å². The van der Waals surface area contributed by atoms with Gasteiger partial charge in [-0.15, -0.1) is 0 Å². The molecule has 28 heavy (non-hydrogen) atoms. The minimum Gasteiger partial charge on any atom is -0.456 e. The van der Waals surface area contributed by atoms with Crippen LogP contribution in [0.5, 0.6) is 0 Å². The zero-order valence-electron chi connectivity index (χ0n) is 22.3. The SMILES string of the molecule is [2H]c1c([2H])c([2H])c2c(-c3ccc4oc5ccccc5c4c3)c3c([2H])c([2H])c([2H])c([2H])c3c(Br)c2c1[2H]. The molecular weight excluding hydrogens is 408 g/mol. The fourth-order valence-corrected chi connectivity index (χ4v) is 4.34. The summed E-state index contributed by atoms with van der Waals surface area (Å²) in [5.41, 5.74) is 2.19. The number of hydrogen-bond donors (Lipinski definition) is 0. The molecule has 0 saturated heterocycles. The van der Waals surface area contributed by atoms with Crippen LogP contribution in [0.4, 0.5) is 0 Å². The first-order chi connectivity index (χ1) is 17.1. The van der Waals surface area contributed by atoms with Crippen LogP contribution in [0.1, 0.15) is 11.0 Å². The summed E-state index contributed by atoms with van der Waals surface area (Å²) >= 11 is 3.43. The third-order valence-electron chi connectivity index (χ3n) is 4.98. The van der Waals surface area contributed by atoms with E-state index in [-0.39, 0.29) is 50.2 Å². The summed E-state index contributed by atoms with van der Waals surface area (Å²) in [6.45, 7) is 0. The molecule has 6 rings (SSSR count). The Morgan fingerprint density at radius 1 is 0.643 bits per heavy atom. The topological polar surface area (TPSA) is 13.1 Å². The van der Waals surface area contributed by atoms with Crippen molar-refractivity contribution >= 4 is 59.4 Å². The highest BCUT2D eigenvalue weighted by Gasteiger charge is 2.15. The molecule has 2 heteroatoms. The van der Waals surface area contributed by atoms with Gasteiger partial charge in [-0.25, -0.2) is 0 Å². The van der Waals surface area contributed by atoms with Crippen LogP contribution in [-0.4, -0.2) is 0 Å². The number of hydrogen-bond acceptors (Lipinski definition) is 1. The summed E-state index contributed by atoms with van der Waals surface area (Å²) in [4.78, 5) is 0. The van der Waals surface area contributed by atoms with E-state index in [1.807, 2.05) is 30.3 Å². The third-order valence-corrected chi connectivity index (χ3v) is 5.77. The molecule has 0 fully saturated rings. The molecule has 132 valence electrons. The van der Waals surface area contributed by atoms with Gasteiger partial charge in [-0.05, 0) is 66.8 Å². The molecule has 0 radical (unpaired) electrons. The summed E-state index contributed by atoms with van der Waals surface area (Å²) < 4.78 is 73.9. The number of fused-ring (bicyclic) bond motifs is 5. The molecule has 1 heterocycles. The molecule has 1 aromatic heterocycles.